The fourth-order valence-electron chi connectivity index (χ4n) is 2.79. The van der Waals surface area contributed by atoms with Crippen molar-refractivity contribution in [3.05, 3.63) is 23.9 Å². The summed E-state index contributed by atoms with van der Waals surface area (Å²) in [5.41, 5.74) is 0.579. The van der Waals surface area contributed by atoms with Crippen LogP contribution in [0.4, 0.5) is 0 Å². The van der Waals surface area contributed by atoms with Crippen LogP contribution in [0, 0.1) is 6.92 Å². The second-order valence-corrected chi connectivity index (χ2v) is 6.83. The monoisotopic (exact) mass is 305 g/mol. The highest BCUT2D eigenvalue weighted by Gasteiger charge is 2.27. The summed E-state index contributed by atoms with van der Waals surface area (Å²) in [6, 6.07) is 4.21. The van der Waals surface area contributed by atoms with Crippen LogP contribution in [0.1, 0.15) is 38.7 Å². The normalized spacial score (nSPS) is 19.2. The number of amides is 1. The zero-order valence-electron chi connectivity index (χ0n) is 14.1. The van der Waals surface area contributed by atoms with Gasteiger partial charge in [-0.05, 0) is 53.3 Å². The molecule has 1 fully saturated rings. The van der Waals surface area contributed by atoms with Gasteiger partial charge in [0.05, 0.1) is 5.54 Å². The van der Waals surface area contributed by atoms with Crippen LogP contribution in [-0.4, -0.2) is 47.6 Å². The molecule has 22 heavy (non-hydrogen) atoms. The van der Waals surface area contributed by atoms with Gasteiger partial charge in [0.1, 0.15) is 6.61 Å². The van der Waals surface area contributed by atoms with Crippen molar-refractivity contribution >= 4 is 5.91 Å². The van der Waals surface area contributed by atoms with Gasteiger partial charge in [-0.15, -0.1) is 0 Å². The van der Waals surface area contributed by atoms with E-state index in [-0.39, 0.29) is 5.91 Å². The summed E-state index contributed by atoms with van der Waals surface area (Å²) in [7, 11) is 2.09. The molecule has 122 valence electrons. The van der Waals surface area contributed by atoms with E-state index in [0.29, 0.717) is 24.9 Å². The number of aromatic nitrogens is 1. The Morgan fingerprint density at radius 3 is 2.95 bits per heavy atom. The Balaban J connectivity index is 1.82. The van der Waals surface area contributed by atoms with Crippen molar-refractivity contribution in [1.82, 2.24) is 15.2 Å². The van der Waals surface area contributed by atoms with Crippen molar-refractivity contribution in [2.24, 2.45) is 0 Å². The van der Waals surface area contributed by atoms with Crippen LogP contribution in [0.3, 0.4) is 0 Å². The van der Waals surface area contributed by atoms with Crippen LogP contribution >= 0.6 is 0 Å². The highest BCUT2D eigenvalue weighted by atomic mass is 16.5. The second kappa shape index (κ2) is 7.09. The van der Waals surface area contributed by atoms with Crippen LogP contribution in [0.25, 0.3) is 0 Å². The average molecular weight is 305 g/mol. The molecule has 0 aliphatic carbocycles. The van der Waals surface area contributed by atoms with Crippen molar-refractivity contribution in [3.63, 3.8) is 0 Å². The number of rotatable bonds is 6. The maximum Gasteiger partial charge on any atom is 0.222 e. The van der Waals surface area contributed by atoms with E-state index in [0.717, 1.165) is 18.5 Å². The van der Waals surface area contributed by atoms with Crippen LogP contribution in [-0.2, 0) is 4.79 Å². The van der Waals surface area contributed by atoms with Gasteiger partial charge in [0.2, 0.25) is 11.8 Å². The molecule has 1 saturated heterocycles. The van der Waals surface area contributed by atoms with Gasteiger partial charge in [0.15, 0.2) is 0 Å². The molecule has 0 unspecified atom stereocenters. The number of ether oxygens (including phenoxy) is 1. The van der Waals surface area contributed by atoms with Crippen molar-refractivity contribution < 1.29 is 9.53 Å². The molecular formula is C17H27N3O2. The van der Waals surface area contributed by atoms with Gasteiger partial charge in [-0.1, -0.05) is 6.07 Å². The SMILES string of the molecule is Cc1cccnc1OCC(C)(C)NC(=O)C[C@H]1CCCN1C. The highest BCUT2D eigenvalue weighted by Crippen LogP contribution is 2.18. The molecule has 2 rings (SSSR count). The van der Waals surface area contributed by atoms with Crippen molar-refractivity contribution in [3.8, 4) is 5.88 Å². The summed E-state index contributed by atoms with van der Waals surface area (Å²) in [5.74, 6) is 0.713. The first kappa shape index (κ1) is 16.7. The molecule has 2 heterocycles. The summed E-state index contributed by atoms with van der Waals surface area (Å²) in [4.78, 5) is 18.7. The van der Waals surface area contributed by atoms with Gasteiger partial charge >= 0.3 is 0 Å². The third-order valence-electron chi connectivity index (χ3n) is 4.10. The smallest absolute Gasteiger partial charge is 0.222 e. The summed E-state index contributed by atoms with van der Waals surface area (Å²) in [5, 5.41) is 3.08. The van der Waals surface area contributed by atoms with E-state index in [1.54, 1.807) is 6.20 Å². The molecule has 1 N–H and O–H groups in total. The van der Waals surface area contributed by atoms with Gasteiger partial charge in [0, 0.05) is 24.2 Å². The molecule has 0 spiro atoms. The Hall–Kier alpha value is -1.62. The van der Waals surface area contributed by atoms with Crippen molar-refractivity contribution in [1.29, 1.82) is 0 Å². The topological polar surface area (TPSA) is 54.5 Å². The minimum absolute atomic E-state index is 0.0880. The Kier molecular flexibility index (Phi) is 5.40. The molecule has 1 aliphatic heterocycles. The molecular weight excluding hydrogens is 278 g/mol. The molecule has 1 aromatic heterocycles. The summed E-state index contributed by atoms with van der Waals surface area (Å²) < 4.78 is 5.76. The molecule has 1 atom stereocenters. The molecule has 0 radical (unpaired) electrons. The van der Waals surface area contributed by atoms with E-state index in [1.165, 1.54) is 6.42 Å². The van der Waals surface area contributed by atoms with E-state index >= 15 is 0 Å². The van der Waals surface area contributed by atoms with E-state index in [1.807, 2.05) is 32.9 Å². The van der Waals surface area contributed by atoms with Crippen LogP contribution in [0.5, 0.6) is 5.88 Å². The van der Waals surface area contributed by atoms with Gasteiger partial charge in [-0.25, -0.2) is 4.98 Å². The number of hydrogen-bond acceptors (Lipinski definition) is 4. The maximum atomic E-state index is 12.2. The zero-order chi connectivity index (χ0) is 16.2. The van der Waals surface area contributed by atoms with Gasteiger partial charge in [-0.3, -0.25) is 4.79 Å². The van der Waals surface area contributed by atoms with E-state index in [9.17, 15) is 4.79 Å². The Bertz CT molecular complexity index is 516. The third-order valence-corrected chi connectivity index (χ3v) is 4.10. The van der Waals surface area contributed by atoms with Gasteiger partial charge in [-0.2, -0.15) is 0 Å². The minimum atomic E-state index is -0.418. The number of pyridine rings is 1. The second-order valence-electron chi connectivity index (χ2n) is 6.83. The molecule has 5 nitrogen and oxygen atoms in total. The number of carbonyl (C=O) groups excluding carboxylic acids is 1. The van der Waals surface area contributed by atoms with Crippen LogP contribution < -0.4 is 10.1 Å². The predicted molar refractivity (Wildman–Crippen MR) is 87.0 cm³/mol. The number of nitrogens with zero attached hydrogens (tertiary/aromatic N) is 2. The lowest BCUT2D eigenvalue weighted by Gasteiger charge is -2.28. The van der Waals surface area contributed by atoms with Gasteiger partial charge < -0.3 is 15.0 Å². The molecule has 1 aliphatic rings. The lowest BCUT2D eigenvalue weighted by atomic mass is 10.1. The van der Waals surface area contributed by atoms with Gasteiger partial charge in [0.25, 0.3) is 0 Å². The average Bonchev–Trinajstić information content (AvgIpc) is 2.82. The first-order chi connectivity index (χ1) is 10.4. The van der Waals surface area contributed by atoms with Crippen LogP contribution in [0.2, 0.25) is 0 Å². The molecule has 1 amide bonds. The van der Waals surface area contributed by atoms with Crippen molar-refractivity contribution in [2.45, 2.75) is 51.6 Å². The van der Waals surface area contributed by atoms with Crippen LogP contribution in [0.15, 0.2) is 18.3 Å². The number of hydrogen-bond donors (Lipinski definition) is 1. The minimum Gasteiger partial charge on any atom is -0.475 e. The van der Waals surface area contributed by atoms with Crippen molar-refractivity contribution in [2.75, 3.05) is 20.2 Å². The molecule has 0 aromatic carbocycles. The summed E-state index contributed by atoms with van der Waals surface area (Å²) in [6.07, 6.45) is 4.56. The first-order valence-corrected chi connectivity index (χ1v) is 7.93. The number of carbonyl (C=O) groups is 1. The number of aryl methyl sites for hydroxylation is 1. The number of likely N-dealkylation sites (tertiary alicyclic amines) is 1. The molecule has 0 bridgehead atoms. The Labute approximate surface area is 133 Å². The van der Waals surface area contributed by atoms with E-state index < -0.39 is 5.54 Å². The summed E-state index contributed by atoms with van der Waals surface area (Å²) >= 11 is 0. The standard InChI is InChI=1S/C17H27N3O2/c1-13-7-5-9-18-16(13)22-12-17(2,3)19-15(21)11-14-8-6-10-20(14)4/h5,7,9,14H,6,8,10-12H2,1-4H3,(H,19,21)/t14-/m1/s1. The Morgan fingerprint density at radius 1 is 1.55 bits per heavy atom. The number of nitrogens with one attached hydrogen (secondary N) is 1. The fraction of sp³-hybridized carbons (Fsp3) is 0.647. The molecule has 0 saturated carbocycles. The lowest BCUT2D eigenvalue weighted by Crippen LogP contribution is -2.49. The molecule has 5 heteroatoms. The zero-order valence-corrected chi connectivity index (χ0v) is 14.1. The highest BCUT2D eigenvalue weighted by molar-refractivity contribution is 5.77. The lowest BCUT2D eigenvalue weighted by molar-refractivity contribution is -0.124. The molecule has 1 aromatic rings. The van der Waals surface area contributed by atoms with E-state index in [4.69, 9.17) is 4.74 Å². The predicted octanol–water partition coefficient (Wildman–Crippen LogP) is 2.15. The maximum absolute atomic E-state index is 12.2. The largest absolute Gasteiger partial charge is 0.475 e. The first-order valence-electron chi connectivity index (χ1n) is 7.93. The third kappa shape index (κ3) is 4.70. The quantitative estimate of drug-likeness (QED) is 0.875. The fourth-order valence-corrected chi connectivity index (χ4v) is 2.79. The summed E-state index contributed by atoms with van der Waals surface area (Å²) in [6.45, 7) is 7.40. The Morgan fingerprint density at radius 2 is 2.32 bits per heavy atom. The van der Waals surface area contributed by atoms with E-state index in [2.05, 4.69) is 22.2 Å².